The second kappa shape index (κ2) is 50.1. The summed E-state index contributed by atoms with van der Waals surface area (Å²) in [5.74, 6) is -1.82. The van der Waals surface area contributed by atoms with Crippen LogP contribution in [0.2, 0.25) is 0 Å². The van der Waals surface area contributed by atoms with E-state index in [1.807, 2.05) is 0 Å². The normalized spacial score (nSPS) is 11.1. The largest absolute Gasteiger partial charge is 2.00 e. The summed E-state index contributed by atoms with van der Waals surface area (Å²) in [4.78, 5) is 20.5. The van der Waals surface area contributed by atoms with Gasteiger partial charge in [-0.2, -0.15) is 0 Å². The molecule has 0 aromatic rings. The van der Waals surface area contributed by atoms with Crippen LogP contribution in [0.5, 0.6) is 0 Å². The molecule has 0 atom stereocenters. The molecule has 0 heterocycles. The molecule has 0 N–H and O–H groups in total. The molecule has 0 radical (unpaired) electrons. The van der Waals surface area contributed by atoms with Crippen LogP contribution in [0.3, 0.4) is 0 Å². The minimum atomic E-state index is -0.909. The zero-order valence-electron chi connectivity index (χ0n) is 33.1. The summed E-state index contributed by atoms with van der Waals surface area (Å²) in [6.45, 7) is 4.55. The number of carbonyl (C=O) groups is 2. The molecule has 0 unspecified atom stereocenters. The van der Waals surface area contributed by atoms with Crippen LogP contribution in [0.25, 0.3) is 0 Å². The monoisotopic (exact) mass is 813 g/mol. The van der Waals surface area contributed by atoms with E-state index in [2.05, 4.69) is 38.2 Å². The number of carboxylic acids is 2. The van der Waals surface area contributed by atoms with Gasteiger partial charge >= 0.3 is 48.9 Å². The Morgan fingerprint density at radius 2 is 0.510 bits per heavy atom. The second-order valence-electron chi connectivity index (χ2n) is 14.2. The van der Waals surface area contributed by atoms with E-state index in [4.69, 9.17) is 0 Å². The summed E-state index contributed by atoms with van der Waals surface area (Å²) in [6, 6.07) is 0. The van der Waals surface area contributed by atoms with E-state index in [1.165, 1.54) is 193 Å². The Balaban J connectivity index is -0.000000846. The van der Waals surface area contributed by atoms with E-state index in [-0.39, 0.29) is 61.7 Å². The Morgan fingerprint density at radius 1 is 0.327 bits per heavy atom. The Bertz CT molecular complexity index is 632. The van der Waals surface area contributed by atoms with Gasteiger partial charge < -0.3 is 19.8 Å². The Labute approximate surface area is 347 Å². The van der Waals surface area contributed by atoms with Crippen LogP contribution in [-0.4, -0.2) is 60.8 Å². The first-order valence-electron chi connectivity index (χ1n) is 21.2. The third kappa shape index (κ3) is 57.6. The molecule has 4 nitrogen and oxygen atoms in total. The average Bonchev–Trinajstić information content (AvgIpc) is 3.07. The van der Waals surface area contributed by atoms with Crippen LogP contribution in [0.1, 0.15) is 245 Å². The van der Waals surface area contributed by atoms with Gasteiger partial charge in [-0.05, 0) is 77.0 Å². The van der Waals surface area contributed by atoms with Gasteiger partial charge in [0.15, 0.2) is 0 Å². The zero-order valence-corrected chi connectivity index (χ0v) is 37.5. The van der Waals surface area contributed by atoms with Gasteiger partial charge in [0, 0.05) is 11.9 Å². The third-order valence-corrected chi connectivity index (χ3v) is 9.29. The number of hydrogen-bond acceptors (Lipinski definition) is 4. The van der Waals surface area contributed by atoms with Gasteiger partial charge in [-0.15, -0.1) is 0 Å². The van der Waals surface area contributed by atoms with Crippen LogP contribution >= 0.6 is 0 Å². The van der Waals surface area contributed by atoms with Gasteiger partial charge in [0.2, 0.25) is 0 Å². The number of hydrogen-bond donors (Lipinski definition) is 0. The first-order chi connectivity index (χ1) is 23.5. The Kier molecular flexibility index (Phi) is 54.5. The van der Waals surface area contributed by atoms with Crippen LogP contribution in [0.15, 0.2) is 24.3 Å². The average molecular weight is 812 g/mol. The van der Waals surface area contributed by atoms with Crippen molar-refractivity contribution >= 4 is 60.8 Å². The summed E-state index contributed by atoms with van der Waals surface area (Å²) in [6.07, 6.45) is 53.5. The fourth-order valence-electron chi connectivity index (χ4n) is 6.09. The number of unbranched alkanes of at least 4 members (excludes halogenated alkanes) is 30. The molecule has 49 heavy (non-hydrogen) atoms. The minimum Gasteiger partial charge on any atom is -0.550 e. The van der Waals surface area contributed by atoms with E-state index in [1.54, 1.807) is 0 Å². The number of aliphatic carboxylic acids is 2. The maximum absolute atomic E-state index is 10.3. The fraction of sp³-hybridized carbons (Fsp3) is 0.864. The fourth-order valence-corrected chi connectivity index (χ4v) is 6.09. The molecule has 0 aromatic heterocycles. The quantitative estimate of drug-likeness (QED) is 0.0353. The molecule has 0 saturated heterocycles. The molecule has 0 spiro atoms. The van der Waals surface area contributed by atoms with Crippen molar-refractivity contribution < 1.29 is 19.8 Å². The zero-order chi connectivity index (χ0) is 35.4. The van der Waals surface area contributed by atoms with E-state index in [0.717, 1.165) is 25.7 Å². The van der Waals surface area contributed by atoms with Crippen LogP contribution in [-0.2, 0) is 9.59 Å². The standard InChI is InChI=1S/2C22H42O2.Ba/c2*1-2-3-4-5-6-7-8-9-10-11-12-13-14-15-16-17-18-19-20-21-22(23)24;/h2*11-12H,2-10,13-21H2,1H3,(H,23,24);/q;;+2/p-2. The summed E-state index contributed by atoms with van der Waals surface area (Å²) in [5.41, 5.74) is 0. The van der Waals surface area contributed by atoms with Gasteiger partial charge in [-0.25, -0.2) is 0 Å². The van der Waals surface area contributed by atoms with Gasteiger partial charge in [-0.3, -0.25) is 0 Å². The van der Waals surface area contributed by atoms with Gasteiger partial charge in [0.25, 0.3) is 0 Å². The second-order valence-corrected chi connectivity index (χ2v) is 14.2. The number of rotatable bonds is 38. The summed E-state index contributed by atoms with van der Waals surface area (Å²) in [7, 11) is 0. The molecular formula is C44H82BaO4. The first kappa shape index (κ1) is 53.3. The molecule has 0 rings (SSSR count). The molecule has 0 aliphatic heterocycles. The first-order valence-corrected chi connectivity index (χ1v) is 21.2. The Hall–Kier alpha value is -0.00857. The van der Waals surface area contributed by atoms with Crippen LogP contribution in [0, 0.1) is 0 Å². The predicted octanol–water partition coefficient (Wildman–Crippen LogP) is 12.3. The molecule has 0 saturated carbocycles. The van der Waals surface area contributed by atoms with Crippen LogP contribution < -0.4 is 10.2 Å². The maximum Gasteiger partial charge on any atom is 2.00 e. The predicted molar refractivity (Wildman–Crippen MR) is 212 cm³/mol. The Morgan fingerprint density at radius 3 is 0.714 bits per heavy atom. The van der Waals surface area contributed by atoms with E-state index >= 15 is 0 Å². The van der Waals surface area contributed by atoms with Crippen molar-refractivity contribution in [1.82, 2.24) is 0 Å². The van der Waals surface area contributed by atoms with Crippen molar-refractivity contribution in [2.24, 2.45) is 0 Å². The molecule has 0 fully saturated rings. The van der Waals surface area contributed by atoms with Crippen molar-refractivity contribution in [3.8, 4) is 0 Å². The van der Waals surface area contributed by atoms with Crippen molar-refractivity contribution in [1.29, 1.82) is 0 Å². The molecular weight excluding hydrogens is 730 g/mol. The third-order valence-electron chi connectivity index (χ3n) is 9.29. The molecule has 0 amide bonds. The maximum atomic E-state index is 10.3. The smallest absolute Gasteiger partial charge is 0.550 e. The molecule has 0 bridgehead atoms. The van der Waals surface area contributed by atoms with E-state index in [0.29, 0.717) is 0 Å². The topological polar surface area (TPSA) is 80.3 Å². The molecule has 0 aromatic carbocycles. The molecule has 0 aliphatic rings. The summed E-state index contributed by atoms with van der Waals surface area (Å²) in [5, 5.41) is 20.5. The van der Waals surface area contributed by atoms with Crippen molar-refractivity contribution in [2.45, 2.75) is 245 Å². The van der Waals surface area contributed by atoms with Gasteiger partial charge in [-0.1, -0.05) is 192 Å². The molecule has 5 heteroatoms. The van der Waals surface area contributed by atoms with Gasteiger partial charge in [0.1, 0.15) is 0 Å². The summed E-state index contributed by atoms with van der Waals surface area (Å²) < 4.78 is 0. The number of carbonyl (C=O) groups excluding carboxylic acids is 2. The van der Waals surface area contributed by atoms with Crippen molar-refractivity contribution in [3.05, 3.63) is 24.3 Å². The van der Waals surface area contributed by atoms with Crippen molar-refractivity contribution in [2.75, 3.05) is 0 Å². The number of carboxylic acid groups (broad SMARTS) is 2. The van der Waals surface area contributed by atoms with E-state index < -0.39 is 11.9 Å². The van der Waals surface area contributed by atoms with E-state index in [9.17, 15) is 19.8 Å². The SMILES string of the molecule is CCCCCCCCCCC=CCCCCCCCCCC(=O)[O-].CCCCCCCCCCC=CCCCCCCCCCC(=O)[O-].[Ba+2]. The summed E-state index contributed by atoms with van der Waals surface area (Å²) >= 11 is 0. The van der Waals surface area contributed by atoms with Crippen LogP contribution in [0.4, 0.5) is 0 Å². The van der Waals surface area contributed by atoms with Crippen molar-refractivity contribution in [3.63, 3.8) is 0 Å². The number of allylic oxidation sites excluding steroid dienone is 4. The minimum absolute atomic E-state index is 0. The van der Waals surface area contributed by atoms with Gasteiger partial charge in [0.05, 0.1) is 0 Å². The molecule has 284 valence electrons. The molecule has 0 aliphatic carbocycles.